The standard InChI is InChI=1S/C12H18N2O2/c1-7(2)5-10-13-6-9(12(15)16)11(14-10)8(3)4/h6-8H,5H2,1-4H3,(H,15,16). The van der Waals surface area contributed by atoms with Crippen LogP contribution in [0.1, 0.15) is 55.5 Å². The van der Waals surface area contributed by atoms with Crippen LogP contribution in [0.25, 0.3) is 0 Å². The number of nitrogens with zero attached hydrogens (tertiary/aromatic N) is 2. The number of rotatable bonds is 4. The van der Waals surface area contributed by atoms with E-state index in [0.29, 0.717) is 11.6 Å². The molecule has 0 radical (unpaired) electrons. The fourth-order valence-corrected chi connectivity index (χ4v) is 1.50. The summed E-state index contributed by atoms with van der Waals surface area (Å²) in [5.74, 6) is 0.333. The summed E-state index contributed by atoms with van der Waals surface area (Å²) in [6.07, 6.45) is 2.20. The Morgan fingerprint density at radius 3 is 2.44 bits per heavy atom. The normalized spacial score (nSPS) is 11.1. The molecular formula is C12H18N2O2. The van der Waals surface area contributed by atoms with Gasteiger partial charge in [0.15, 0.2) is 0 Å². The predicted molar refractivity (Wildman–Crippen MR) is 61.6 cm³/mol. The van der Waals surface area contributed by atoms with Crippen molar-refractivity contribution in [2.75, 3.05) is 0 Å². The van der Waals surface area contributed by atoms with Crippen LogP contribution in [0, 0.1) is 5.92 Å². The third kappa shape index (κ3) is 3.02. The van der Waals surface area contributed by atoms with Crippen molar-refractivity contribution in [1.82, 2.24) is 9.97 Å². The van der Waals surface area contributed by atoms with E-state index in [4.69, 9.17) is 5.11 Å². The number of carboxylic acid groups (broad SMARTS) is 1. The highest BCUT2D eigenvalue weighted by atomic mass is 16.4. The molecule has 0 saturated heterocycles. The highest BCUT2D eigenvalue weighted by Gasteiger charge is 2.16. The van der Waals surface area contributed by atoms with Crippen LogP contribution in [0.4, 0.5) is 0 Å². The molecule has 0 aliphatic rings. The van der Waals surface area contributed by atoms with Crippen molar-refractivity contribution in [3.8, 4) is 0 Å². The summed E-state index contributed by atoms with van der Waals surface area (Å²) in [4.78, 5) is 19.4. The first-order valence-corrected chi connectivity index (χ1v) is 5.51. The molecule has 0 unspecified atom stereocenters. The van der Waals surface area contributed by atoms with E-state index in [1.165, 1.54) is 6.20 Å². The largest absolute Gasteiger partial charge is 0.478 e. The Hall–Kier alpha value is -1.45. The molecule has 16 heavy (non-hydrogen) atoms. The second kappa shape index (κ2) is 5.05. The van der Waals surface area contributed by atoms with Gasteiger partial charge in [0.2, 0.25) is 0 Å². The van der Waals surface area contributed by atoms with E-state index in [0.717, 1.165) is 12.2 Å². The van der Waals surface area contributed by atoms with Crippen molar-refractivity contribution >= 4 is 5.97 Å². The van der Waals surface area contributed by atoms with Crippen LogP contribution in [-0.4, -0.2) is 21.0 Å². The van der Waals surface area contributed by atoms with Gasteiger partial charge in [0.25, 0.3) is 0 Å². The van der Waals surface area contributed by atoms with Crippen LogP contribution in [0.3, 0.4) is 0 Å². The maximum atomic E-state index is 11.0. The Morgan fingerprint density at radius 1 is 1.38 bits per heavy atom. The highest BCUT2D eigenvalue weighted by molar-refractivity contribution is 5.88. The first-order chi connectivity index (χ1) is 7.41. The number of carbonyl (C=O) groups is 1. The fraction of sp³-hybridized carbons (Fsp3) is 0.583. The van der Waals surface area contributed by atoms with Gasteiger partial charge in [0.1, 0.15) is 5.82 Å². The molecule has 0 aliphatic heterocycles. The molecule has 0 fully saturated rings. The SMILES string of the molecule is CC(C)Cc1ncc(C(=O)O)c(C(C)C)n1. The molecule has 0 bridgehead atoms. The number of hydrogen-bond acceptors (Lipinski definition) is 3. The number of aromatic nitrogens is 2. The summed E-state index contributed by atoms with van der Waals surface area (Å²) < 4.78 is 0. The van der Waals surface area contributed by atoms with Gasteiger partial charge in [-0.05, 0) is 11.8 Å². The fourth-order valence-electron chi connectivity index (χ4n) is 1.50. The summed E-state index contributed by atoms with van der Waals surface area (Å²) in [6.45, 7) is 8.05. The van der Waals surface area contributed by atoms with Gasteiger partial charge in [-0.1, -0.05) is 27.7 Å². The minimum atomic E-state index is -0.959. The van der Waals surface area contributed by atoms with E-state index in [1.54, 1.807) is 0 Å². The molecule has 1 heterocycles. The van der Waals surface area contributed by atoms with Crippen LogP contribution in [0.5, 0.6) is 0 Å². The molecule has 88 valence electrons. The van der Waals surface area contributed by atoms with Gasteiger partial charge in [-0.3, -0.25) is 0 Å². The van der Waals surface area contributed by atoms with Crippen molar-refractivity contribution in [2.24, 2.45) is 5.92 Å². The van der Waals surface area contributed by atoms with Crippen molar-refractivity contribution in [1.29, 1.82) is 0 Å². The van der Waals surface area contributed by atoms with E-state index < -0.39 is 5.97 Å². The number of hydrogen-bond donors (Lipinski definition) is 1. The molecule has 0 spiro atoms. The van der Waals surface area contributed by atoms with E-state index in [2.05, 4.69) is 23.8 Å². The van der Waals surface area contributed by atoms with E-state index in [9.17, 15) is 4.79 Å². The molecule has 1 N–H and O–H groups in total. The smallest absolute Gasteiger partial charge is 0.339 e. The molecule has 0 aromatic carbocycles. The maximum absolute atomic E-state index is 11.0. The zero-order valence-electron chi connectivity index (χ0n) is 10.2. The minimum absolute atomic E-state index is 0.0972. The second-order valence-electron chi connectivity index (χ2n) is 4.64. The monoisotopic (exact) mass is 222 g/mol. The molecule has 4 nitrogen and oxygen atoms in total. The minimum Gasteiger partial charge on any atom is -0.478 e. The lowest BCUT2D eigenvalue weighted by atomic mass is 10.0. The summed E-state index contributed by atoms with van der Waals surface area (Å²) >= 11 is 0. The van der Waals surface area contributed by atoms with Gasteiger partial charge in [0, 0.05) is 12.6 Å². The zero-order valence-corrected chi connectivity index (χ0v) is 10.2. The summed E-state index contributed by atoms with van der Waals surface area (Å²) in [7, 11) is 0. The summed E-state index contributed by atoms with van der Waals surface area (Å²) in [6, 6.07) is 0. The van der Waals surface area contributed by atoms with Crippen LogP contribution in [0.2, 0.25) is 0 Å². The molecule has 4 heteroatoms. The third-order valence-corrected chi connectivity index (χ3v) is 2.24. The van der Waals surface area contributed by atoms with Crippen molar-refractivity contribution in [3.63, 3.8) is 0 Å². The van der Waals surface area contributed by atoms with Gasteiger partial charge in [-0.15, -0.1) is 0 Å². The topological polar surface area (TPSA) is 63.1 Å². The molecule has 0 saturated carbocycles. The van der Waals surface area contributed by atoms with Gasteiger partial charge in [0.05, 0.1) is 11.3 Å². The molecule has 1 aromatic heterocycles. The maximum Gasteiger partial charge on any atom is 0.339 e. The zero-order chi connectivity index (χ0) is 12.3. The van der Waals surface area contributed by atoms with Crippen LogP contribution in [0.15, 0.2) is 6.20 Å². The van der Waals surface area contributed by atoms with Crippen LogP contribution >= 0.6 is 0 Å². The molecule has 1 aromatic rings. The Bertz CT molecular complexity index is 387. The van der Waals surface area contributed by atoms with Gasteiger partial charge in [-0.2, -0.15) is 0 Å². The third-order valence-electron chi connectivity index (χ3n) is 2.24. The summed E-state index contributed by atoms with van der Waals surface area (Å²) in [5.41, 5.74) is 0.834. The molecule has 0 aliphatic carbocycles. The first-order valence-electron chi connectivity index (χ1n) is 5.51. The number of carboxylic acids is 1. The van der Waals surface area contributed by atoms with Crippen molar-refractivity contribution < 1.29 is 9.90 Å². The number of aromatic carboxylic acids is 1. The quantitative estimate of drug-likeness (QED) is 0.850. The first kappa shape index (κ1) is 12.6. The predicted octanol–water partition coefficient (Wildman–Crippen LogP) is 2.50. The van der Waals surface area contributed by atoms with Gasteiger partial charge in [-0.25, -0.2) is 14.8 Å². The van der Waals surface area contributed by atoms with Crippen molar-refractivity contribution in [3.05, 3.63) is 23.3 Å². The van der Waals surface area contributed by atoms with E-state index in [-0.39, 0.29) is 11.5 Å². The second-order valence-corrected chi connectivity index (χ2v) is 4.64. The summed E-state index contributed by atoms with van der Waals surface area (Å²) in [5, 5.41) is 9.01. The lowest BCUT2D eigenvalue weighted by Crippen LogP contribution is -2.11. The Kier molecular flexibility index (Phi) is 3.99. The molecule has 0 amide bonds. The van der Waals surface area contributed by atoms with Gasteiger partial charge < -0.3 is 5.11 Å². The van der Waals surface area contributed by atoms with Crippen molar-refractivity contribution in [2.45, 2.75) is 40.0 Å². The molecule has 1 rings (SSSR count). The highest BCUT2D eigenvalue weighted by Crippen LogP contribution is 2.17. The average Bonchev–Trinajstić information content (AvgIpc) is 2.16. The lowest BCUT2D eigenvalue weighted by Gasteiger charge is -2.11. The van der Waals surface area contributed by atoms with Gasteiger partial charge >= 0.3 is 5.97 Å². The van der Waals surface area contributed by atoms with Crippen LogP contribution < -0.4 is 0 Å². The van der Waals surface area contributed by atoms with E-state index >= 15 is 0 Å². The van der Waals surface area contributed by atoms with Crippen LogP contribution in [-0.2, 0) is 6.42 Å². The molecule has 0 atom stereocenters. The molecular weight excluding hydrogens is 204 g/mol. The average molecular weight is 222 g/mol. The van der Waals surface area contributed by atoms with E-state index in [1.807, 2.05) is 13.8 Å². The Labute approximate surface area is 95.7 Å². The Balaban J connectivity index is 3.12. The Morgan fingerprint density at radius 2 is 2.00 bits per heavy atom. The lowest BCUT2D eigenvalue weighted by molar-refractivity contribution is 0.0694.